The fourth-order valence-corrected chi connectivity index (χ4v) is 2.41. The van der Waals surface area contributed by atoms with Crippen molar-refractivity contribution in [1.82, 2.24) is 10.6 Å². The lowest BCUT2D eigenvalue weighted by Crippen LogP contribution is -2.34. The number of rotatable bonds is 6. The molecule has 0 fully saturated rings. The van der Waals surface area contributed by atoms with Crippen molar-refractivity contribution in [2.45, 2.75) is 32.3 Å². The van der Waals surface area contributed by atoms with Gasteiger partial charge in [0.2, 0.25) is 0 Å². The Morgan fingerprint density at radius 2 is 2.29 bits per heavy atom. The third kappa shape index (κ3) is 4.03. The summed E-state index contributed by atoms with van der Waals surface area (Å²) in [5.74, 6) is 0. The first-order valence-electron chi connectivity index (χ1n) is 7.09. The highest BCUT2D eigenvalue weighted by Gasteiger charge is 2.17. The van der Waals surface area contributed by atoms with Gasteiger partial charge in [0.1, 0.15) is 0 Å². The molecular weight excluding hydrogens is 268 g/mol. The molecule has 0 aromatic rings. The molecule has 1 unspecified atom stereocenters. The molecule has 0 aromatic heterocycles. The van der Waals surface area contributed by atoms with Gasteiger partial charge in [0.15, 0.2) is 0 Å². The monoisotopic (exact) mass is 290 g/mol. The zero-order chi connectivity index (χ0) is 15.2. The number of aliphatic hydroxyl groups excluding tert-OH is 2. The van der Waals surface area contributed by atoms with Crippen molar-refractivity contribution in [3.63, 3.8) is 0 Å². The van der Waals surface area contributed by atoms with Crippen molar-refractivity contribution < 1.29 is 10.2 Å². The Hall–Kier alpha value is -1.92. The van der Waals surface area contributed by atoms with Crippen LogP contribution >= 0.6 is 0 Å². The second kappa shape index (κ2) is 7.19. The molecular formula is C15H22N4O2. The highest BCUT2D eigenvalue weighted by Crippen LogP contribution is 2.20. The molecule has 0 spiro atoms. The van der Waals surface area contributed by atoms with Crippen molar-refractivity contribution in [3.8, 4) is 0 Å². The summed E-state index contributed by atoms with van der Waals surface area (Å²) in [6.45, 7) is 2.39. The zero-order valence-corrected chi connectivity index (χ0v) is 12.2. The number of aliphatic hydroxyl groups is 2. The van der Waals surface area contributed by atoms with Gasteiger partial charge in [-0.25, -0.2) is 0 Å². The van der Waals surface area contributed by atoms with Crippen LogP contribution in [0.1, 0.15) is 26.2 Å². The van der Waals surface area contributed by atoms with Gasteiger partial charge in [-0.15, -0.1) is 0 Å². The smallest absolute Gasteiger partial charge is 0.0974 e. The van der Waals surface area contributed by atoms with E-state index in [2.05, 4.69) is 15.6 Å². The molecule has 1 atom stereocenters. The summed E-state index contributed by atoms with van der Waals surface area (Å²) in [6, 6.07) is 0. The van der Waals surface area contributed by atoms with Crippen LogP contribution in [0.4, 0.5) is 0 Å². The van der Waals surface area contributed by atoms with Gasteiger partial charge < -0.3 is 20.8 Å². The first-order valence-corrected chi connectivity index (χ1v) is 7.09. The molecule has 0 saturated heterocycles. The van der Waals surface area contributed by atoms with Gasteiger partial charge >= 0.3 is 0 Å². The second-order valence-electron chi connectivity index (χ2n) is 5.20. The van der Waals surface area contributed by atoms with Crippen molar-refractivity contribution in [2.75, 3.05) is 13.2 Å². The summed E-state index contributed by atoms with van der Waals surface area (Å²) in [5, 5.41) is 32.5. The highest BCUT2D eigenvalue weighted by atomic mass is 16.3. The highest BCUT2D eigenvalue weighted by molar-refractivity contribution is 5.92. The van der Waals surface area contributed by atoms with Crippen molar-refractivity contribution in [1.29, 1.82) is 5.41 Å². The van der Waals surface area contributed by atoms with Gasteiger partial charge in [-0.3, -0.25) is 10.4 Å². The average Bonchev–Trinajstić information content (AvgIpc) is 2.49. The van der Waals surface area contributed by atoms with Crippen LogP contribution in [0.15, 0.2) is 39.8 Å². The molecule has 0 bridgehead atoms. The van der Waals surface area contributed by atoms with Crippen LogP contribution in [0, 0.1) is 5.41 Å². The third-order valence-electron chi connectivity index (χ3n) is 3.62. The number of nitrogens with zero attached hydrogens (tertiary/aromatic N) is 1. The fraction of sp³-hybridized carbons (Fsp3) is 0.467. The number of aliphatic imine (C=N–C) groups is 1. The SMILES string of the molecule is CC1=CCC(O)C(CNC2=C(NC=N)CCC(CO)=C2)=N1. The zero-order valence-electron chi connectivity index (χ0n) is 12.2. The fourth-order valence-electron chi connectivity index (χ4n) is 2.41. The molecule has 0 amide bonds. The Labute approximate surface area is 124 Å². The maximum atomic E-state index is 9.94. The van der Waals surface area contributed by atoms with Gasteiger partial charge in [-0.2, -0.15) is 0 Å². The van der Waals surface area contributed by atoms with E-state index >= 15 is 0 Å². The van der Waals surface area contributed by atoms with Crippen LogP contribution in [0.2, 0.25) is 0 Å². The van der Waals surface area contributed by atoms with Gasteiger partial charge in [-0.1, -0.05) is 6.08 Å². The summed E-state index contributed by atoms with van der Waals surface area (Å²) in [4.78, 5) is 4.37. The van der Waals surface area contributed by atoms with Gasteiger partial charge in [-0.05, 0) is 37.8 Å². The Kier molecular flexibility index (Phi) is 5.30. The topological polar surface area (TPSA) is 101 Å². The predicted octanol–water partition coefficient (Wildman–Crippen LogP) is 0.806. The van der Waals surface area contributed by atoms with Crippen LogP contribution in [-0.4, -0.2) is 41.5 Å². The minimum Gasteiger partial charge on any atom is -0.392 e. The van der Waals surface area contributed by atoms with E-state index in [1.54, 1.807) is 0 Å². The first-order chi connectivity index (χ1) is 10.1. The number of nitrogens with one attached hydrogen (secondary N) is 3. The van der Waals surface area contributed by atoms with E-state index in [0.29, 0.717) is 18.7 Å². The van der Waals surface area contributed by atoms with E-state index in [1.165, 1.54) is 0 Å². The van der Waals surface area contributed by atoms with Crippen LogP contribution in [0.25, 0.3) is 0 Å². The lowest BCUT2D eigenvalue weighted by atomic mass is 10.00. The summed E-state index contributed by atoms with van der Waals surface area (Å²) in [7, 11) is 0. The Morgan fingerprint density at radius 1 is 1.48 bits per heavy atom. The molecule has 2 aliphatic rings. The molecule has 114 valence electrons. The first kappa shape index (κ1) is 15.5. The van der Waals surface area contributed by atoms with Gasteiger partial charge in [0, 0.05) is 11.4 Å². The molecule has 1 aliphatic carbocycles. The van der Waals surface area contributed by atoms with Crippen LogP contribution in [-0.2, 0) is 0 Å². The van der Waals surface area contributed by atoms with Crippen LogP contribution < -0.4 is 10.6 Å². The van der Waals surface area contributed by atoms with E-state index in [-0.39, 0.29) is 6.61 Å². The summed E-state index contributed by atoms with van der Waals surface area (Å²) >= 11 is 0. The molecule has 6 heteroatoms. The van der Waals surface area contributed by atoms with Crippen molar-refractivity contribution in [2.24, 2.45) is 4.99 Å². The molecule has 21 heavy (non-hydrogen) atoms. The number of hydrogen-bond acceptors (Lipinski definition) is 5. The number of hydrogen-bond donors (Lipinski definition) is 5. The minimum absolute atomic E-state index is 0.0362. The molecule has 1 aliphatic heterocycles. The molecule has 0 radical (unpaired) electrons. The lowest BCUT2D eigenvalue weighted by molar-refractivity contribution is 0.241. The Morgan fingerprint density at radius 3 is 3.00 bits per heavy atom. The lowest BCUT2D eigenvalue weighted by Gasteiger charge is -2.23. The molecule has 0 aromatic carbocycles. The largest absolute Gasteiger partial charge is 0.392 e. The van der Waals surface area contributed by atoms with E-state index in [9.17, 15) is 10.2 Å². The predicted molar refractivity (Wildman–Crippen MR) is 83.2 cm³/mol. The summed E-state index contributed by atoms with van der Waals surface area (Å²) in [6.07, 6.45) is 6.53. The quantitative estimate of drug-likeness (QED) is 0.369. The Bertz CT molecular complexity index is 532. The Balaban J connectivity index is 2.10. The van der Waals surface area contributed by atoms with Gasteiger partial charge in [0.05, 0.1) is 37.0 Å². The maximum Gasteiger partial charge on any atom is 0.0974 e. The molecule has 6 nitrogen and oxygen atoms in total. The minimum atomic E-state index is -0.550. The van der Waals surface area contributed by atoms with E-state index < -0.39 is 6.10 Å². The van der Waals surface area contributed by atoms with Crippen molar-refractivity contribution in [3.05, 3.63) is 34.8 Å². The molecule has 0 saturated carbocycles. The third-order valence-corrected chi connectivity index (χ3v) is 3.62. The standard InChI is InChI=1S/C15H22N4O2/c1-10-2-5-15(21)14(19-10)7-17-13-6-11(8-20)3-4-12(13)18-9-16/h2,6,9,15,17,20-21H,3-5,7-8H2,1H3,(H2,16,18). The van der Waals surface area contributed by atoms with E-state index in [1.807, 2.05) is 19.1 Å². The summed E-state index contributed by atoms with van der Waals surface area (Å²) in [5.41, 5.74) is 4.34. The van der Waals surface area contributed by atoms with Crippen LogP contribution in [0.3, 0.4) is 0 Å². The molecule has 5 N–H and O–H groups in total. The van der Waals surface area contributed by atoms with E-state index in [0.717, 1.165) is 41.8 Å². The van der Waals surface area contributed by atoms with E-state index in [4.69, 9.17) is 5.41 Å². The van der Waals surface area contributed by atoms with Crippen molar-refractivity contribution >= 4 is 12.1 Å². The maximum absolute atomic E-state index is 9.94. The van der Waals surface area contributed by atoms with Crippen LogP contribution in [0.5, 0.6) is 0 Å². The normalized spacial score (nSPS) is 22.2. The average molecular weight is 290 g/mol. The summed E-state index contributed by atoms with van der Waals surface area (Å²) < 4.78 is 0. The number of allylic oxidation sites excluding steroid dienone is 3. The molecule has 2 rings (SSSR count). The van der Waals surface area contributed by atoms with Gasteiger partial charge in [0.25, 0.3) is 0 Å². The molecule has 1 heterocycles. The second-order valence-corrected chi connectivity index (χ2v) is 5.20.